The standard InChI is InChI=1S/C13H8Cl2F3NOS/c14-10-5-7(19)6-11(15)12(10)20-8-1-3-9(4-2-8)21-13(16,17)18/h1-6H,19H2. The van der Waals surface area contributed by atoms with Gasteiger partial charge in [0.25, 0.3) is 0 Å². The number of hydrogen-bond acceptors (Lipinski definition) is 3. The van der Waals surface area contributed by atoms with Crippen molar-refractivity contribution in [1.82, 2.24) is 0 Å². The van der Waals surface area contributed by atoms with Crippen LogP contribution in [0.5, 0.6) is 11.5 Å². The molecule has 0 saturated heterocycles. The molecule has 0 unspecified atom stereocenters. The molecule has 21 heavy (non-hydrogen) atoms. The minimum Gasteiger partial charge on any atom is -0.454 e. The molecule has 0 aromatic heterocycles. The van der Waals surface area contributed by atoms with Crippen LogP contribution in [-0.4, -0.2) is 5.51 Å². The van der Waals surface area contributed by atoms with E-state index in [0.717, 1.165) is 0 Å². The van der Waals surface area contributed by atoms with Gasteiger partial charge in [-0.2, -0.15) is 13.2 Å². The summed E-state index contributed by atoms with van der Waals surface area (Å²) in [6.07, 6.45) is 0. The van der Waals surface area contributed by atoms with E-state index in [1.165, 1.54) is 36.4 Å². The molecule has 0 saturated carbocycles. The molecule has 0 aliphatic carbocycles. The summed E-state index contributed by atoms with van der Waals surface area (Å²) in [5.74, 6) is 0.513. The third-order valence-corrected chi connectivity index (χ3v) is 3.60. The Hall–Kier alpha value is -1.24. The Morgan fingerprint density at radius 3 is 2.00 bits per heavy atom. The second-order valence-electron chi connectivity index (χ2n) is 3.93. The quantitative estimate of drug-likeness (QED) is 0.544. The molecule has 0 fully saturated rings. The first-order valence-electron chi connectivity index (χ1n) is 5.53. The van der Waals surface area contributed by atoms with E-state index in [1.54, 1.807) is 0 Å². The van der Waals surface area contributed by atoms with Gasteiger partial charge in [-0.25, -0.2) is 0 Å². The Balaban J connectivity index is 2.18. The van der Waals surface area contributed by atoms with Gasteiger partial charge >= 0.3 is 5.51 Å². The molecule has 0 aliphatic heterocycles. The van der Waals surface area contributed by atoms with E-state index >= 15 is 0 Å². The molecule has 0 radical (unpaired) electrons. The Labute approximate surface area is 133 Å². The fraction of sp³-hybridized carbons (Fsp3) is 0.0769. The maximum atomic E-state index is 12.2. The highest BCUT2D eigenvalue weighted by molar-refractivity contribution is 8.00. The van der Waals surface area contributed by atoms with Gasteiger partial charge in [0.05, 0.1) is 10.0 Å². The van der Waals surface area contributed by atoms with Crippen LogP contribution in [0.2, 0.25) is 10.0 Å². The van der Waals surface area contributed by atoms with E-state index in [0.29, 0.717) is 11.4 Å². The van der Waals surface area contributed by atoms with Gasteiger partial charge in [-0.3, -0.25) is 0 Å². The number of alkyl halides is 3. The third kappa shape index (κ3) is 4.62. The zero-order valence-corrected chi connectivity index (χ0v) is 12.6. The van der Waals surface area contributed by atoms with Gasteiger partial charge in [-0.1, -0.05) is 23.2 Å². The summed E-state index contributed by atoms with van der Waals surface area (Å²) in [4.78, 5) is 0.0596. The smallest absolute Gasteiger partial charge is 0.446 e. The molecule has 8 heteroatoms. The molecule has 0 amide bonds. The van der Waals surface area contributed by atoms with Crippen LogP contribution in [-0.2, 0) is 0 Å². The number of rotatable bonds is 3. The average Bonchev–Trinajstić information content (AvgIpc) is 2.34. The molecule has 2 N–H and O–H groups in total. The maximum Gasteiger partial charge on any atom is 0.446 e. The molecule has 0 aliphatic rings. The highest BCUT2D eigenvalue weighted by Crippen LogP contribution is 2.40. The third-order valence-electron chi connectivity index (χ3n) is 2.30. The first-order valence-corrected chi connectivity index (χ1v) is 7.10. The summed E-state index contributed by atoms with van der Waals surface area (Å²) in [7, 11) is 0. The first-order chi connectivity index (χ1) is 9.74. The van der Waals surface area contributed by atoms with E-state index in [9.17, 15) is 13.2 Å². The highest BCUT2D eigenvalue weighted by Gasteiger charge is 2.29. The highest BCUT2D eigenvalue weighted by atomic mass is 35.5. The number of nitrogens with two attached hydrogens (primary N) is 1. The molecular formula is C13H8Cl2F3NOS. The first kappa shape index (κ1) is 16.1. The SMILES string of the molecule is Nc1cc(Cl)c(Oc2ccc(SC(F)(F)F)cc2)c(Cl)c1. The fourth-order valence-corrected chi connectivity index (χ4v) is 2.62. The van der Waals surface area contributed by atoms with Crippen LogP contribution in [0.15, 0.2) is 41.3 Å². The number of halogens is 5. The zero-order chi connectivity index (χ0) is 15.6. The van der Waals surface area contributed by atoms with Crippen molar-refractivity contribution in [2.75, 3.05) is 5.73 Å². The van der Waals surface area contributed by atoms with Crippen molar-refractivity contribution < 1.29 is 17.9 Å². The van der Waals surface area contributed by atoms with E-state index in [2.05, 4.69) is 0 Å². The van der Waals surface area contributed by atoms with Crippen LogP contribution in [0.4, 0.5) is 18.9 Å². The van der Waals surface area contributed by atoms with Gasteiger partial charge in [-0.15, -0.1) is 0 Å². The number of nitrogen functional groups attached to an aromatic ring is 1. The van der Waals surface area contributed by atoms with Crippen LogP contribution >= 0.6 is 35.0 Å². The van der Waals surface area contributed by atoms with Gasteiger partial charge in [0, 0.05) is 10.6 Å². The molecule has 2 aromatic rings. The lowest BCUT2D eigenvalue weighted by atomic mass is 10.3. The number of benzene rings is 2. The Kier molecular flexibility index (Phi) is 4.81. The predicted molar refractivity (Wildman–Crippen MR) is 79.3 cm³/mol. The van der Waals surface area contributed by atoms with Crippen molar-refractivity contribution in [3.63, 3.8) is 0 Å². The van der Waals surface area contributed by atoms with Gasteiger partial charge in [0.1, 0.15) is 5.75 Å². The molecule has 0 spiro atoms. The minimum absolute atomic E-state index is 0.0596. The summed E-state index contributed by atoms with van der Waals surface area (Å²) in [5.41, 5.74) is 1.62. The van der Waals surface area contributed by atoms with Crippen LogP contribution < -0.4 is 10.5 Å². The molecule has 2 nitrogen and oxygen atoms in total. The van der Waals surface area contributed by atoms with Gasteiger partial charge in [-0.05, 0) is 48.2 Å². The molecule has 2 rings (SSSR count). The molecule has 0 atom stereocenters. The Bertz CT molecular complexity index is 624. The molecule has 112 valence electrons. The molecule has 2 aromatic carbocycles. The zero-order valence-electron chi connectivity index (χ0n) is 10.2. The summed E-state index contributed by atoms with van der Waals surface area (Å²) >= 11 is 11.7. The monoisotopic (exact) mass is 353 g/mol. The average molecular weight is 354 g/mol. The second kappa shape index (κ2) is 6.25. The lowest BCUT2D eigenvalue weighted by Gasteiger charge is -2.11. The van der Waals surface area contributed by atoms with Gasteiger partial charge in [0.15, 0.2) is 5.75 Å². The second-order valence-corrected chi connectivity index (χ2v) is 5.89. The van der Waals surface area contributed by atoms with Crippen molar-refractivity contribution in [2.24, 2.45) is 0 Å². The summed E-state index contributed by atoms with van der Waals surface area (Å²) < 4.78 is 42.1. The van der Waals surface area contributed by atoms with E-state index < -0.39 is 5.51 Å². The molecule has 0 heterocycles. The van der Waals surface area contributed by atoms with Crippen molar-refractivity contribution in [3.05, 3.63) is 46.4 Å². The number of thioether (sulfide) groups is 1. The predicted octanol–water partition coefficient (Wildman–Crippen LogP) is 5.98. The summed E-state index contributed by atoms with van der Waals surface area (Å²) in [6.45, 7) is 0. The van der Waals surface area contributed by atoms with Gasteiger partial charge < -0.3 is 10.5 Å². The van der Waals surface area contributed by atoms with Crippen molar-refractivity contribution >= 4 is 40.7 Å². The fourth-order valence-electron chi connectivity index (χ4n) is 1.50. The van der Waals surface area contributed by atoms with Crippen LogP contribution in [0.25, 0.3) is 0 Å². The molecule has 0 bridgehead atoms. The van der Waals surface area contributed by atoms with Crippen LogP contribution in [0.1, 0.15) is 0 Å². The van der Waals surface area contributed by atoms with Crippen molar-refractivity contribution in [1.29, 1.82) is 0 Å². The van der Waals surface area contributed by atoms with Gasteiger partial charge in [0.2, 0.25) is 0 Å². The topological polar surface area (TPSA) is 35.2 Å². The lowest BCUT2D eigenvalue weighted by molar-refractivity contribution is -0.0328. The Morgan fingerprint density at radius 1 is 1.00 bits per heavy atom. The van der Waals surface area contributed by atoms with Crippen molar-refractivity contribution in [2.45, 2.75) is 10.4 Å². The summed E-state index contributed by atoms with van der Waals surface area (Å²) in [6, 6.07) is 8.33. The van der Waals surface area contributed by atoms with E-state index in [1.807, 2.05) is 0 Å². The van der Waals surface area contributed by atoms with E-state index in [4.69, 9.17) is 33.7 Å². The largest absolute Gasteiger partial charge is 0.454 e. The number of hydrogen-bond donors (Lipinski definition) is 1. The normalized spacial score (nSPS) is 11.5. The van der Waals surface area contributed by atoms with Crippen LogP contribution in [0, 0.1) is 0 Å². The number of ether oxygens (including phenoxy) is 1. The van der Waals surface area contributed by atoms with E-state index in [-0.39, 0.29) is 32.5 Å². The minimum atomic E-state index is -4.33. The Morgan fingerprint density at radius 2 is 1.52 bits per heavy atom. The summed E-state index contributed by atoms with van der Waals surface area (Å²) in [5, 5.41) is 0.433. The molecular weight excluding hydrogens is 346 g/mol. The lowest BCUT2D eigenvalue weighted by Crippen LogP contribution is -1.98. The number of anilines is 1. The van der Waals surface area contributed by atoms with Crippen molar-refractivity contribution in [3.8, 4) is 11.5 Å². The van der Waals surface area contributed by atoms with Crippen LogP contribution in [0.3, 0.4) is 0 Å². The maximum absolute atomic E-state index is 12.2.